The van der Waals surface area contributed by atoms with Crippen LogP contribution in [0.25, 0.3) is 0 Å². The molecule has 0 aliphatic rings. The molecule has 0 aliphatic heterocycles. The third-order valence-electron chi connectivity index (χ3n) is 3.90. The SMILES string of the molecule is Cn1ncc(Cn2[nH]c(C(C)(C)C)c(CCC#N)c2=O)c1C(F)(F)F. The van der Waals surface area contributed by atoms with Crippen molar-refractivity contribution in [1.29, 1.82) is 5.26 Å². The molecule has 2 aromatic heterocycles. The van der Waals surface area contributed by atoms with Crippen molar-refractivity contribution in [3.8, 4) is 6.07 Å². The molecule has 0 saturated carbocycles. The summed E-state index contributed by atoms with van der Waals surface area (Å²) in [4.78, 5) is 12.6. The van der Waals surface area contributed by atoms with E-state index in [1.807, 2.05) is 26.8 Å². The largest absolute Gasteiger partial charge is 0.433 e. The number of halogens is 3. The molecule has 0 atom stereocenters. The van der Waals surface area contributed by atoms with Gasteiger partial charge in [0.2, 0.25) is 0 Å². The Labute approximate surface area is 142 Å². The van der Waals surface area contributed by atoms with Crippen LogP contribution in [-0.2, 0) is 31.6 Å². The third kappa shape index (κ3) is 3.78. The fourth-order valence-corrected chi connectivity index (χ4v) is 2.80. The van der Waals surface area contributed by atoms with Crippen LogP contribution < -0.4 is 5.56 Å². The average molecular weight is 355 g/mol. The van der Waals surface area contributed by atoms with Gasteiger partial charge in [0.15, 0.2) is 0 Å². The number of hydrogen-bond acceptors (Lipinski definition) is 3. The van der Waals surface area contributed by atoms with Gasteiger partial charge < -0.3 is 0 Å². The van der Waals surface area contributed by atoms with Crippen LogP contribution in [0.3, 0.4) is 0 Å². The highest BCUT2D eigenvalue weighted by Gasteiger charge is 2.37. The van der Waals surface area contributed by atoms with E-state index in [1.54, 1.807) is 0 Å². The summed E-state index contributed by atoms with van der Waals surface area (Å²) >= 11 is 0. The maximum atomic E-state index is 13.2. The van der Waals surface area contributed by atoms with Crippen molar-refractivity contribution in [3.05, 3.63) is 39.1 Å². The van der Waals surface area contributed by atoms with Crippen LogP contribution in [0.4, 0.5) is 13.2 Å². The van der Waals surface area contributed by atoms with Gasteiger partial charge in [0.1, 0.15) is 5.69 Å². The first-order valence-electron chi connectivity index (χ1n) is 7.74. The summed E-state index contributed by atoms with van der Waals surface area (Å²) in [5.74, 6) is 0. The minimum absolute atomic E-state index is 0.0920. The van der Waals surface area contributed by atoms with Crippen molar-refractivity contribution >= 4 is 0 Å². The van der Waals surface area contributed by atoms with Crippen molar-refractivity contribution in [2.45, 2.75) is 51.7 Å². The molecule has 2 rings (SSSR count). The van der Waals surface area contributed by atoms with Gasteiger partial charge >= 0.3 is 6.18 Å². The van der Waals surface area contributed by atoms with Gasteiger partial charge in [0, 0.05) is 35.7 Å². The topological polar surface area (TPSA) is 79.4 Å². The van der Waals surface area contributed by atoms with Gasteiger partial charge in [-0.1, -0.05) is 20.8 Å². The Morgan fingerprint density at radius 3 is 2.48 bits per heavy atom. The van der Waals surface area contributed by atoms with Crippen LogP contribution in [0.2, 0.25) is 0 Å². The number of hydrogen-bond donors (Lipinski definition) is 1. The summed E-state index contributed by atoms with van der Waals surface area (Å²) in [7, 11) is 1.21. The van der Waals surface area contributed by atoms with Gasteiger partial charge in [-0.25, -0.2) is 4.68 Å². The second kappa shape index (κ2) is 6.43. The summed E-state index contributed by atoms with van der Waals surface area (Å²) in [5.41, 5.74) is -0.721. The lowest BCUT2D eigenvalue weighted by Gasteiger charge is -2.18. The van der Waals surface area contributed by atoms with Crippen LogP contribution in [0.1, 0.15) is 49.7 Å². The minimum atomic E-state index is -4.56. The third-order valence-corrected chi connectivity index (χ3v) is 3.90. The average Bonchev–Trinajstić information content (AvgIpc) is 2.98. The predicted molar refractivity (Wildman–Crippen MR) is 85.0 cm³/mol. The number of aromatic nitrogens is 4. The summed E-state index contributed by atoms with van der Waals surface area (Å²) in [5, 5.41) is 15.4. The zero-order valence-corrected chi connectivity index (χ0v) is 14.5. The van der Waals surface area contributed by atoms with E-state index in [0.717, 1.165) is 15.6 Å². The normalized spacial score (nSPS) is 12.4. The highest BCUT2D eigenvalue weighted by molar-refractivity contribution is 5.27. The number of nitrogens with one attached hydrogen (secondary N) is 1. The van der Waals surface area contributed by atoms with E-state index in [1.165, 1.54) is 7.05 Å². The summed E-state index contributed by atoms with van der Waals surface area (Å²) in [6, 6.07) is 1.99. The molecular formula is C16H20F3N5O. The molecule has 0 unspecified atom stereocenters. The van der Waals surface area contributed by atoms with E-state index in [9.17, 15) is 18.0 Å². The molecule has 25 heavy (non-hydrogen) atoms. The van der Waals surface area contributed by atoms with Gasteiger partial charge in [-0.05, 0) is 6.42 Å². The van der Waals surface area contributed by atoms with Gasteiger partial charge in [-0.15, -0.1) is 0 Å². The molecule has 0 aromatic carbocycles. The number of aryl methyl sites for hydroxylation is 1. The molecule has 2 heterocycles. The number of nitriles is 1. The lowest BCUT2D eigenvalue weighted by molar-refractivity contribution is -0.144. The van der Waals surface area contributed by atoms with Crippen LogP contribution in [0.15, 0.2) is 11.0 Å². The summed E-state index contributed by atoms with van der Waals surface area (Å²) < 4.78 is 41.5. The van der Waals surface area contributed by atoms with Crippen LogP contribution >= 0.6 is 0 Å². The van der Waals surface area contributed by atoms with Crippen molar-refractivity contribution in [1.82, 2.24) is 19.6 Å². The highest BCUT2D eigenvalue weighted by Crippen LogP contribution is 2.32. The zero-order chi connectivity index (χ0) is 19.0. The Hall–Kier alpha value is -2.50. The molecule has 0 amide bonds. The first-order valence-corrected chi connectivity index (χ1v) is 7.74. The Morgan fingerprint density at radius 2 is 1.96 bits per heavy atom. The number of rotatable bonds is 4. The quantitative estimate of drug-likeness (QED) is 0.916. The standard InChI is InChI=1S/C16H20F3N5O/c1-15(2,3)12-11(6-5-7-20)14(25)24(22-12)9-10-8-21-23(4)13(10)16(17,18)19/h8,22H,5-6,9H2,1-4H3. The fourth-order valence-electron chi connectivity index (χ4n) is 2.80. The van der Waals surface area contributed by atoms with Crippen LogP contribution in [-0.4, -0.2) is 19.6 Å². The lowest BCUT2D eigenvalue weighted by atomic mass is 9.88. The zero-order valence-electron chi connectivity index (χ0n) is 14.5. The van der Waals surface area contributed by atoms with Crippen molar-refractivity contribution in [3.63, 3.8) is 0 Å². The van der Waals surface area contributed by atoms with Crippen molar-refractivity contribution in [2.24, 2.45) is 7.05 Å². The maximum absolute atomic E-state index is 13.2. The fraction of sp³-hybridized carbons (Fsp3) is 0.562. The molecule has 0 fully saturated rings. The summed E-state index contributed by atoms with van der Waals surface area (Å²) in [6.07, 6.45) is -3.03. The molecule has 0 radical (unpaired) electrons. The van der Waals surface area contributed by atoms with E-state index in [4.69, 9.17) is 5.26 Å². The van der Waals surface area contributed by atoms with E-state index < -0.39 is 22.8 Å². The Kier molecular flexibility index (Phi) is 4.84. The number of aromatic amines is 1. The predicted octanol–water partition coefficient (Wildman–Crippen LogP) is 2.73. The van der Waals surface area contributed by atoms with E-state index in [2.05, 4.69) is 10.2 Å². The van der Waals surface area contributed by atoms with Gasteiger partial charge in [-0.2, -0.15) is 23.5 Å². The van der Waals surface area contributed by atoms with Crippen LogP contribution in [0, 0.1) is 11.3 Å². The molecule has 6 nitrogen and oxygen atoms in total. The molecule has 0 saturated heterocycles. The number of alkyl halides is 3. The molecule has 136 valence electrons. The summed E-state index contributed by atoms with van der Waals surface area (Å²) in [6.45, 7) is 5.41. The molecular weight excluding hydrogens is 335 g/mol. The second-order valence-corrected chi connectivity index (χ2v) is 6.90. The number of H-pyrrole nitrogens is 1. The van der Waals surface area contributed by atoms with E-state index in [-0.39, 0.29) is 24.9 Å². The van der Waals surface area contributed by atoms with E-state index in [0.29, 0.717) is 11.3 Å². The lowest BCUT2D eigenvalue weighted by Crippen LogP contribution is -2.22. The Balaban J connectivity index is 2.51. The highest BCUT2D eigenvalue weighted by atomic mass is 19.4. The minimum Gasteiger partial charge on any atom is -0.299 e. The smallest absolute Gasteiger partial charge is 0.299 e. The van der Waals surface area contributed by atoms with Gasteiger partial charge in [0.05, 0.1) is 18.8 Å². The maximum Gasteiger partial charge on any atom is 0.433 e. The monoisotopic (exact) mass is 355 g/mol. The number of nitrogens with zero attached hydrogens (tertiary/aromatic N) is 4. The molecule has 1 N–H and O–H groups in total. The molecule has 0 bridgehead atoms. The Morgan fingerprint density at radius 1 is 1.32 bits per heavy atom. The van der Waals surface area contributed by atoms with Gasteiger partial charge in [-0.3, -0.25) is 14.6 Å². The van der Waals surface area contributed by atoms with Crippen LogP contribution in [0.5, 0.6) is 0 Å². The van der Waals surface area contributed by atoms with E-state index >= 15 is 0 Å². The molecule has 0 aliphatic carbocycles. The molecule has 9 heteroatoms. The van der Waals surface area contributed by atoms with Crippen molar-refractivity contribution < 1.29 is 13.2 Å². The Bertz CT molecular complexity index is 858. The first kappa shape index (κ1) is 18.8. The van der Waals surface area contributed by atoms with Crippen molar-refractivity contribution in [2.75, 3.05) is 0 Å². The van der Waals surface area contributed by atoms with Gasteiger partial charge in [0.25, 0.3) is 5.56 Å². The second-order valence-electron chi connectivity index (χ2n) is 6.90. The molecule has 2 aromatic rings. The first-order chi connectivity index (χ1) is 11.5. The molecule has 0 spiro atoms.